The Labute approximate surface area is 229 Å². The van der Waals surface area contributed by atoms with Crippen LogP contribution in [0.3, 0.4) is 0 Å². The Morgan fingerprint density at radius 3 is 2.61 bits per heavy atom. The molecule has 3 aromatic carbocycles. The number of thioether (sulfide) groups is 1. The highest BCUT2D eigenvalue weighted by Crippen LogP contribution is 2.48. The maximum atomic E-state index is 14.4. The van der Waals surface area contributed by atoms with E-state index in [2.05, 4.69) is 5.32 Å². The minimum absolute atomic E-state index is 0.105. The first kappa shape index (κ1) is 26.0. The summed E-state index contributed by atoms with van der Waals surface area (Å²) in [6.45, 7) is 2.30. The van der Waals surface area contributed by atoms with Crippen molar-refractivity contribution in [3.8, 4) is 16.9 Å². The van der Waals surface area contributed by atoms with Gasteiger partial charge in [-0.2, -0.15) is 5.10 Å². The highest BCUT2D eigenvalue weighted by Gasteiger charge is 2.38. The fraction of sp³-hybridized carbons (Fsp3) is 0.207. The summed E-state index contributed by atoms with van der Waals surface area (Å²) >= 11 is 8.02. The zero-order chi connectivity index (χ0) is 26.6. The Morgan fingerprint density at radius 1 is 1.11 bits per heavy atom. The van der Waals surface area contributed by atoms with Gasteiger partial charge < -0.3 is 5.32 Å². The van der Waals surface area contributed by atoms with Gasteiger partial charge in [-0.3, -0.25) is 14.5 Å². The average molecular weight is 549 g/mol. The van der Waals surface area contributed by atoms with Crippen molar-refractivity contribution in [2.45, 2.75) is 18.6 Å². The molecule has 38 heavy (non-hydrogen) atoms. The minimum atomic E-state index is -0.417. The molecule has 1 atom stereocenters. The first-order chi connectivity index (χ1) is 18.5. The predicted molar refractivity (Wildman–Crippen MR) is 150 cm³/mol. The second-order valence-electron chi connectivity index (χ2n) is 8.89. The van der Waals surface area contributed by atoms with Crippen LogP contribution in [0.1, 0.15) is 29.7 Å². The largest absolute Gasteiger partial charge is 0.355 e. The van der Waals surface area contributed by atoms with Crippen molar-refractivity contribution in [1.82, 2.24) is 15.1 Å². The van der Waals surface area contributed by atoms with Crippen LogP contribution in [0.5, 0.6) is 0 Å². The fourth-order valence-corrected chi connectivity index (χ4v) is 5.92. The van der Waals surface area contributed by atoms with E-state index in [0.29, 0.717) is 34.3 Å². The van der Waals surface area contributed by atoms with Gasteiger partial charge in [-0.25, -0.2) is 9.07 Å². The van der Waals surface area contributed by atoms with E-state index in [9.17, 15) is 14.0 Å². The second-order valence-corrected chi connectivity index (χ2v) is 10.4. The van der Waals surface area contributed by atoms with Crippen molar-refractivity contribution < 1.29 is 14.0 Å². The number of anilines is 1. The minimum Gasteiger partial charge on any atom is -0.355 e. The Bertz CT molecular complexity index is 1480. The number of carbonyl (C=O) groups excluding carboxylic acids is 2. The van der Waals surface area contributed by atoms with Gasteiger partial charge in [0.1, 0.15) is 18.2 Å². The van der Waals surface area contributed by atoms with Crippen LogP contribution in [0.2, 0.25) is 5.02 Å². The first-order valence-electron chi connectivity index (χ1n) is 12.3. The number of aromatic nitrogens is 2. The molecule has 0 fully saturated rings. The summed E-state index contributed by atoms with van der Waals surface area (Å²) < 4.78 is 16.1. The van der Waals surface area contributed by atoms with E-state index in [0.717, 1.165) is 17.5 Å². The number of rotatable bonds is 7. The maximum absolute atomic E-state index is 14.4. The summed E-state index contributed by atoms with van der Waals surface area (Å²) in [6, 6.07) is 23.2. The number of hydrogen-bond donors (Lipinski definition) is 1. The molecule has 9 heteroatoms. The topological polar surface area (TPSA) is 67.2 Å². The first-order valence-corrected chi connectivity index (χ1v) is 13.8. The lowest BCUT2D eigenvalue weighted by molar-refractivity contribution is -0.122. The van der Waals surface area contributed by atoms with E-state index in [-0.39, 0.29) is 29.9 Å². The van der Waals surface area contributed by atoms with Crippen LogP contribution < -0.4 is 10.2 Å². The zero-order valence-electron chi connectivity index (χ0n) is 20.7. The molecule has 2 heterocycles. The molecule has 6 nitrogen and oxygen atoms in total. The van der Waals surface area contributed by atoms with Gasteiger partial charge in [-0.05, 0) is 36.2 Å². The standard InChI is InChI=1S/C29H26ClFN4O2S/c1-2-15-32-24(36)17-34-25(37)18-38-28(20-11-8-12-21(31)16-20)26-27(19-9-4-3-5-10-19)33-35(29(26)34)23-14-7-6-13-22(23)30/h3-14,16,28H,2,15,17-18H2,1H3,(H,32,36). The molecule has 0 radical (unpaired) electrons. The van der Waals surface area contributed by atoms with E-state index in [1.165, 1.54) is 28.8 Å². The molecule has 0 saturated heterocycles. The van der Waals surface area contributed by atoms with E-state index in [1.807, 2.05) is 61.5 Å². The number of hydrogen-bond acceptors (Lipinski definition) is 4. The Hall–Kier alpha value is -3.62. The SMILES string of the molecule is CCCNC(=O)CN1C(=O)CSC(c2cccc(F)c2)c2c(-c3ccccc3)nn(-c3ccccc3Cl)c21. The van der Waals surface area contributed by atoms with Crippen LogP contribution in [0.15, 0.2) is 78.9 Å². The average Bonchev–Trinajstić information content (AvgIpc) is 3.24. The number of benzene rings is 3. The summed E-state index contributed by atoms with van der Waals surface area (Å²) in [5, 5.41) is 7.88. The number of para-hydroxylation sites is 1. The molecule has 4 aromatic rings. The monoisotopic (exact) mass is 548 g/mol. The lowest BCUT2D eigenvalue weighted by Gasteiger charge is -2.23. The summed E-state index contributed by atoms with van der Waals surface area (Å²) in [5.74, 6) is -0.319. The van der Waals surface area contributed by atoms with Gasteiger partial charge in [-0.15, -0.1) is 11.8 Å². The fourth-order valence-electron chi connectivity index (χ4n) is 4.52. The van der Waals surface area contributed by atoms with Gasteiger partial charge in [0.15, 0.2) is 0 Å². The van der Waals surface area contributed by atoms with E-state index >= 15 is 0 Å². The highest BCUT2D eigenvalue weighted by atomic mass is 35.5. The molecular formula is C29H26ClFN4O2S. The lowest BCUT2D eigenvalue weighted by Crippen LogP contribution is -2.42. The maximum Gasteiger partial charge on any atom is 0.240 e. The summed E-state index contributed by atoms with van der Waals surface area (Å²) in [4.78, 5) is 28.0. The van der Waals surface area contributed by atoms with Crippen molar-refractivity contribution in [3.05, 3.63) is 101 Å². The Morgan fingerprint density at radius 2 is 1.87 bits per heavy atom. The van der Waals surface area contributed by atoms with Crippen LogP contribution in [0.25, 0.3) is 16.9 Å². The molecule has 194 valence electrons. The van der Waals surface area contributed by atoms with Crippen molar-refractivity contribution >= 4 is 41.0 Å². The van der Waals surface area contributed by atoms with Crippen molar-refractivity contribution in [1.29, 1.82) is 0 Å². The summed E-state index contributed by atoms with van der Waals surface area (Å²) in [7, 11) is 0. The third kappa shape index (κ3) is 5.19. The number of nitrogens with zero attached hydrogens (tertiary/aromatic N) is 3. The number of nitrogens with one attached hydrogen (secondary N) is 1. The molecule has 1 aliphatic heterocycles. The van der Waals surface area contributed by atoms with Crippen LogP contribution in [-0.4, -0.2) is 40.4 Å². The number of carbonyl (C=O) groups is 2. The van der Waals surface area contributed by atoms with Gasteiger partial charge in [0, 0.05) is 17.7 Å². The van der Waals surface area contributed by atoms with Crippen LogP contribution >= 0.6 is 23.4 Å². The molecule has 2 amide bonds. The van der Waals surface area contributed by atoms with Gasteiger partial charge in [-0.1, -0.05) is 73.1 Å². The molecule has 0 spiro atoms. The Kier molecular flexibility index (Phi) is 7.81. The van der Waals surface area contributed by atoms with Crippen LogP contribution in [0.4, 0.5) is 10.2 Å². The van der Waals surface area contributed by atoms with E-state index in [4.69, 9.17) is 16.7 Å². The normalized spacial score (nSPS) is 15.2. The van der Waals surface area contributed by atoms with E-state index < -0.39 is 5.25 Å². The molecule has 0 aliphatic carbocycles. The Balaban J connectivity index is 1.80. The van der Waals surface area contributed by atoms with Crippen molar-refractivity contribution in [3.63, 3.8) is 0 Å². The van der Waals surface area contributed by atoms with Gasteiger partial charge in [0.2, 0.25) is 11.8 Å². The van der Waals surface area contributed by atoms with Crippen LogP contribution in [-0.2, 0) is 9.59 Å². The molecule has 0 bridgehead atoms. The lowest BCUT2D eigenvalue weighted by atomic mass is 9.99. The third-order valence-corrected chi connectivity index (χ3v) is 7.82. The summed E-state index contributed by atoms with van der Waals surface area (Å²) in [5.41, 5.74) is 3.47. The quantitative estimate of drug-likeness (QED) is 0.306. The highest BCUT2D eigenvalue weighted by molar-refractivity contribution is 8.00. The van der Waals surface area contributed by atoms with Gasteiger partial charge >= 0.3 is 0 Å². The van der Waals surface area contributed by atoms with Crippen LogP contribution in [0, 0.1) is 5.82 Å². The van der Waals surface area contributed by atoms with Crippen molar-refractivity contribution in [2.24, 2.45) is 0 Å². The molecule has 0 saturated carbocycles. The summed E-state index contributed by atoms with van der Waals surface area (Å²) in [6.07, 6.45) is 0.776. The molecule has 5 rings (SSSR count). The second kappa shape index (κ2) is 11.4. The smallest absolute Gasteiger partial charge is 0.240 e. The molecular weight excluding hydrogens is 523 g/mol. The molecule has 1 unspecified atom stereocenters. The van der Waals surface area contributed by atoms with E-state index in [1.54, 1.807) is 16.8 Å². The molecule has 1 aliphatic rings. The predicted octanol–water partition coefficient (Wildman–Crippen LogP) is 6.03. The van der Waals surface area contributed by atoms with Gasteiger partial charge in [0.25, 0.3) is 0 Å². The number of fused-ring (bicyclic) bond motifs is 1. The van der Waals surface area contributed by atoms with Gasteiger partial charge in [0.05, 0.1) is 27.4 Å². The zero-order valence-corrected chi connectivity index (χ0v) is 22.3. The molecule has 1 N–H and O–H groups in total. The third-order valence-electron chi connectivity index (χ3n) is 6.24. The molecule has 1 aromatic heterocycles. The van der Waals surface area contributed by atoms with Crippen molar-refractivity contribution in [2.75, 3.05) is 23.7 Å². The number of amides is 2. The number of halogens is 2.